The standard InChI is InChI=1S/C13H18N2O3/c1-3-18-12(16)7-9(2)15-11-6-4-5-10(8-11)13(14)17/h4-6,8-9,15H,3,7H2,1-2H3,(H2,14,17). The Kier molecular flexibility index (Phi) is 5.17. The molecule has 98 valence electrons. The van der Waals surface area contributed by atoms with Crippen molar-refractivity contribution >= 4 is 17.6 Å². The second kappa shape index (κ2) is 6.64. The molecule has 0 heterocycles. The van der Waals surface area contributed by atoms with Crippen LogP contribution in [0.4, 0.5) is 5.69 Å². The maximum absolute atomic E-state index is 11.3. The van der Waals surface area contributed by atoms with E-state index in [4.69, 9.17) is 10.5 Å². The number of esters is 1. The summed E-state index contributed by atoms with van der Waals surface area (Å²) in [7, 11) is 0. The lowest BCUT2D eigenvalue weighted by molar-refractivity contribution is -0.143. The Morgan fingerprint density at radius 1 is 1.44 bits per heavy atom. The summed E-state index contributed by atoms with van der Waals surface area (Å²) >= 11 is 0. The molecular weight excluding hydrogens is 232 g/mol. The minimum absolute atomic E-state index is 0.0767. The van der Waals surface area contributed by atoms with Gasteiger partial charge in [0.25, 0.3) is 0 Å². The first-order chi connectivity index (χ1) is 8.52. The molecule has 1 amide bonds. The lowest BCUT2D eigenvalue weighted by Gasteiger charge is -2.14. The van der Waals surface area contributed by atoms with Crippen LogP contribution in [-0.4, -0.2) is 24.5 Å². The highest BCUT2D eigenvalue weighted by Crippen LogP contribution is 2.12. The second-order valence-electron chi connectivity index (χ2n) is 4.00. The number of anilines is 1. The molecular formula is C13H18N2O3. The number of carbonyl (C=O) groups excluding carboxylic acids is 2. The van der Waals surface area contributed by atoms with Gasteiger partial charge in [-0.25, -0.2) is 0 Å². The molecule has 0 saturated heterocycles. The fourth-order valence-electron chi connectivity index (χ4n) is 1.57. The topological polar surface area (TPSA) is 81.4 Å². The number of amides is 1. The Bertz CT molecular complexity index is 432. The largest absolute Gasteiger partial charge is 0.466 e. The number of hydrogen-bond acceptors (Lipinski definition) is 4. The van der Waals surface area contributed by atoms with E-state index in [-0.39, 0.29) is 18.4 Å². The Hall–Kier alpha value is -2.04. The third kappa shape index (κ3) is 4.45. The Balaban J connectivity index is 2.58. The van der Waals surface area contributed by atoms with Gasteiger partial charge in [-0.3, -0.25) is 9.59 Å². The highest BCUT2D eigenvalue weighted by molar-refractivity contribution is 5.93. The van der Waals surface area contributed by atoms with Crippen LogP contribution in [0.3, 0.4) is 0 Å². The van der Waals surface area contributed by atoms with Crippen LogP contribution in [0.5, 0.6) is 0 Å². The number of primary amides is 1. The van der Waals surface area contributed by atoms with E-state index in [0.717, 1.165) is 5.69 Å². The van der Waals surface area contributed by atoms with E-state index in [2.05, 4.69) is 5.32 Å². The molecule has 0 aliphatic heterocycles. The van der Waals surface area contributed by atoms with Crippen molar-refractivity contribution in [3.8, 4) is 0 Å². The van der Waals surface area contributed by atoms with Gasteiger partial charge >= 0.3 is 5.97 Å². The van der Waals surface area contributed by atoms with E-state index >= 15 is 0 Å². The van der Waals surface area contributed by atoms with Gasteiger partial charge in [0.2, 0.25) is 5.91 Å². The van der Waals surface area contributed by atoms with Crippen molar-refractivity contribution in [2.24, 2.45) is 5.73 Å². The van der Waals surface area contributed by atoms with Gasteiger partial charge in [0.05, 0.1) is 13.0 Å². The number of nitrogens with one attached hydrogen (secondary N) is 1. The Morgan fingerprint density at radius 2 is 2.17 bits per heavy atom. The zero-order valence-corrected chi connectivity index (χ0v) is 10.6. The first kappa shape index (κ1) is 14.0. The predicted molar refractivity (Wildman–Crippen MR) is 69.3 cm³/mol. The number of rotatable bonds is 6. The van der Waals surface area contributed by atoms with Crippen LogP contribution in [-0.2, 0) is 9.53 Å². The fraction of sp³-hybridized carbons (Fsp3) is 0.385. The summed E-state index contributed by atoms with van der Waals surface area (Å²) in [5.74, 6) is -0.722. The van der Waals surface area contributed by atoms with Crippen LogP contribution < -0.4 is 11.1 Å². The molecule has 0 radical (unpaired) electrons. The molecule has 0 spiro atoms. The number of benzene rings is 1. The number of hydrogen-bond donors (Lipinski definition) is 2. The first-order valence-corrected chi connectivity index (χ1v) is 5.85. The van der Waals surface area contributed by atoms with Gasteiger partial charge in [0.1, 0.15) is 0 Å². The van der Waals surface area contributed by atoms with Crippen LogP contribution >= 0.6 is 0 Å². The predicted octanol–water partition coefficient (Wildman–Crippen LogP) is 1.54. The highest BCUT2D eigenvalue weighted by atomic mass is 16.5. The van der Waals surface area contributed by atoms with E-state index in [1.54, 1.807) is 25.1 Å². The molecule has 5 heteroatoms. The fourth-order valence-corrected chi connectivity index (χ4v) is 1.57. The smallest absolute Gasteiger partial charge is 0.307 e. The number of nitrogens with two attached hydrogens (primary N) is 1. The summed E-state index contributed by atoms with van der Waals surface area (Å²) in [4.78, 5) is 22.3. The average molecular weight is 250 g/mol. The lowest BCUT2D eigenvalue weighted by atomic mass is 10.1. The van der Waals surface area contributed by atoms with Crippen molar-refractivity contribution in [2.75, 3.05) is 11.9 Å². The van der Waals surface area contributed by atoms with Crippen molar-refractivity contribution in [3.63, 3.8) is 0 Å². The molecule has 1 unspecified atom stereocenters. The zero-order chi connectivity index (χ0) is 13.5. The summed E-state index contributed by atoms with van der Waals surface area (Å²) in [6, 6.07) is 6.77. The van der Waals surface area contributed by atoms with Crippen LogP contribution in [0.2, 0.25) is 0 Å². The van der Waals surface area contributed by atoms with Crippen molar-refractivity contribution in [1.29, 1.82) is 0 Å². The van der Waals surface area contributed by atoms with Crippen molar-refractivity contribution in [1.82, 2.24) is 0 Å². The summed E-state index contributed by atoms with van der Waals surface area (Å²) in [6.45, 7) is 4.02. The summed E-state index contributed by atoms with van der Waals surface area (Å²) in [5, 5.41) is 3.12. The first-order valence-electron chi connectivity index (χ1n) is 5.85. The monoisotopic (exact) mass is 250 g/mol. The van der Waals surface area contributed by atoms with E-state index in [0.29, 0.717) is 12.2 Å². The van der Waals surface area contributed by atoms with Crippen molar-refractivity contribution in [2.45, 2.75) is 26.3 Å². The van der Waals surface area contributed by atoms with Gasteiger partial charge in [0, 0.05) is 17.3 Å². The highest BCUT2D eigenvalue weighted by Gasteiger charge is 2.10. The molecule has 1 atom stereocenters. The minimum Gasteiger partial charge on any atom is -0.466 e. The zero-order valence-electron chi connectivity index (χ0n) is 10.6. The van der Waals surface area contributed by atoms with Gasteiger partial charge in [-0.1, -0.05) is 6.07 Å². The third-order valence-corrected chi connectivity index (χ3v) is 2.34. The molecule has 0 aliphatic carbocycles. The summed E-state index contributed by atoms with van der Waals surface area (Å²) in [5.41, 5.74) is 6.38. The van der Waals surface area contributed by atoms with Gasteiger partial charge in [-0.15, -0.1) is 0 Å². The molecule has 1 aromatic rings. The lowest BCUT2D eigenvalue weighted by Crippen LogP contribution is -2.21. The van der Waals surface area contributed by atoms with Crippen LogP contribution in [0.1, 0.15) is 30.6 Å². The van der Waals surface area contributed by atoms with E-state index in [9.17, 15) is 9.59 Å². The van der Waals surface area contributed by atoms with Crippen LogP contribution in [0.25, 0.3) is 0 Å². The van der Waals surface area contributed by atoms with Crippen molar-refractivity contribution < 1.29 is 14.3 Å². The Labute approximate surface area is 106 Å². The summed E-state index contributed by atoms with van der Waals surface area (Å²) < 4.78 is 4.86. The molecule has 0 aromatic heterocycles. The van der Waals surface area contributed by atoms with E-state index in [1.165, 1.54) is 0 Å². The average Bonchev–Trinajstić information content (AvgIpc) is 2.29. The van der Waals surface area contributed by atoms with E-state index in [1.807, 2.05) is 13.0 Å². The molecule has 0 saturated carbocycles. The second-order valence-corrected chi connectivity index (χ2v) is 4.00. The number of ether oxygens (including phenoxy) is 1. The van der Waals surface area contributed by atoms with E-state index < -0.39 is 5.91 Å². The molecule has 18 heavy (non-hydrogen) atoms. The third-order valence-electron chi connectivity index (χ3n) is 2.34. The molecule has 0 bridgehead atoms. The molecule has 1 aromatic carbocycles. The molecule has 0 aliphatic rings. The maximum Gasteiger partial charge on any atom is 0.307 e. The Morgan fingerprint density at radius 3 is 2.78 bits per heavy atom. The van der Waals surface area contributed by atoms with Gasteiger partial charge < -0.3 is 15.8 Å². The normalized spacial score (nSPS) is 11.7. The molecule has 3 N–H and O–H groups in total. The number of carbonyl (C=O) groups is 2. The van der Waals surface area contributed by atoms with Crippen LogP contribution in [0.15, 0.2) is 24.3 Å². The summed E-state index contributed by atoms with van der Waals surface area (Å²) in [6.07, 6.45) is 0.272. The van der Waals surface area contributed by atoms with Crippen LogP contribution in [0, 0.1) is 0 Å². The maximum atomic E-state index is 11.3. The van der Waals surface area contributed by atoms with Gasteiger partial charge in [-0.2, -0.15) is 0 Å². The minimum atomic E-state index is -0.475. The quantitative estimate of drug-likeness (QED) is 0.750. The van der Waals surface area contributed by atoms with Gasteiger partial charge in [0.15, 0.2) is 0 Å². The molecule has 5 nitrogen and oxygen atoms in total. The van der Waals surface area contributed by atoms with Crippen molar-refractivity contribution in [3.05, 3.63) is 29.8 Å². The van der Waals surface area contributed by atoms with Gasteiger partial charge in [-0.05, 0) is 32.0 Å². The SMILES string of the molecule is CCOC(=O)CC(C)Nc1cccc(C(N)=O)c1. The molecule has 0 fully saturated rings. The molecule has 1 rings (SSSR count).